The summed E-state index contributed by atoms with van der Waals surface area (Å²) in [7, 11) is 0. The maximum absolute atomic E-state index is 13.1. The van der Waals surface area contributed by atoms with Crippen LogP contribution in [-0.2, 0) is 9.47 Å². The molecule has 118 valence electrons. The molecule has 4 nitrogen and oxygen atoms in total. The summed E-state index contributed by atoms with van der Waals surface area (Å²) in [6.07, 6.45) is 3.86. The minimum absolute atomic E-state index is 0.0799. The molecule has 1 aromatic carbocycles. The molecule has 6 unspecified atom stereocenters. The highest BCUT2D eigenvalue weighted by atomic mass is 16.8. The van der Waals surface area contributed by atoms with Crippen molar-refractivity contribution in [2.45, 2.75) is 31.8 Å². The van der Waals surface area contributed by atoms with Gasteiger partial charge >= 0.3 is 0 Å². The van der Waals surface area contributed by atoms with Gasteiger partial charge < -0.3 is 9.47 Å². The first-order valence-corrected chi connectivity index (χ1v) is 8.19. The van der Waals surface area contributed by atoms with Crippen LogP contribution in [0, 0.1) is 23.7 Å². The Hall–Kier alpha value is -1.78. The molecule has 4 aliphatic carbocycles. The lowest BCUT2D eigenvalue weighted by atomic mass is 9.54. The van der Waals surface area contributed by atoms with E-state index in [1.165, 1.54) is 0 Å². The fourth-order valence-corrected chi connectivity index (χ4v) is 4.96. The minimum atomic E-state index is -0.662. The first-order chi connectivity index (χ1) is 11.0. The van der Waals surface area contributed by atoms with E-state index in [0.717, 1.165) is 0 Å². The number of fused-ring (bicyclic) bond motifs is 1. The highest BCUT2D eigenvalue weighted by Crippen LogP contribution is 2.55. The summed E-state index contributed by atoms with van der Waals surface area (Å²) in [5, 5.41) is 0. The maximum Gasteiger partial charge on any atom is 0.168 e. The Morgan fingerprint density at radius 2 is 1.26 bits per heavy atom. The summed E-state index contributed by atoms with van der Waals surface area (Å²) in [6.45, 7) is 3.79. The SMILES string of the molecule is CC1(C)OC2C3C=CC(C2O1)C1C(=O)c2ccccc2C(=O)C31. The van der Waals surface area contributed by atoms with Crippen LogP contribution >= 0.6 is 0 Å². The average molecular weight is 310 g/mol. The van der Waals surface area contributed by atoms with Gasteiger partial charge in [-0.1, -0.05) is 36.4 Å². The average Bonchev–Trinajstić information content (AvgIpc) is 2.88. The Morgan fingerprint density at radius 3 is 1.70 bits per heavy atom. The number of benzene rings is 1. The molecule has 6 rings (SSSR count). The first-order valence-electron chi connectivity index (χ1n) is 8.19. The molecule has 1 saturated carbocycles. The molecule has 0 radical (unpaired) electrons. The highest BCUT2D eigenvalue weighted by Gasteiger charge is 2.63. The van der Waals surface area contributed by atoms with Crippen molar-refractivity contribution in [3.63, 3.8) is 0 Å². The van der Waals surface area contributed by atoms with Crippen LogP contribution in [0.3, 0.4) is 0 Å². The summed E-state index contributed by atoms with van der Waals surface area (Å²) in [5.74, 6) is -1.29. The lowest BCUT2D eigenvalue weighted by molar-refractivity contribution is -0.149. The second-order valence-corrected chi connectivity index (χ2v) is 7.43. The molecule has 1 aliphatic heterocycles. The topological polar surface area (TPSA) is 52.6 Å². The monoisotopic (exact) mass is 310 g/mol. The van der Waals surface area contributed by atoms with Crippen LogP contribution in [0.2, 0.25) is 0 Å². The summed E-state index contributed by atoms with van der Waals surface area (Å²) in [5.41, 5.74) is 1.13. The van der Waals surface area contributed by atoms with E-state index in [9.17, 15) is 9.59 Å². The Labute approximate surface area is 134 Å². The summed E-state index contributed by atoms with van der Waals surface area (Å²) in [6, 6.07) is 7.18. The van der Waals surface area contributed by atoms with E-state index >= 15 is 0 Å². The number of ketones is 2. The van der Waals surface area contributed by atoms with Crippen LogP contribution in [0.4, 0.5) is 0 Å². The van der Waals surface area contributed by atoms with Crippen LogP contribution in [-0.4, -0.2) is 29.6 Å². The smallest absolute Gasteiger partial charge is 0.168 e. The second kappa shape index (κ2) is 4.19. The van der Waals surface area contributed by atoms with Gasteiger partial charge in [0.15, 0.2) is 17.4 Å². The molecular weight excluding hydrogens is 292 g/mol. The molecule has 4 heteroatoms. The number of Topliss-reactive ketones (excluding diaryl/α,β-unsaturated/α-hetero) is 2. The van der Waals surface area contributed by atoms with Gasteiger partial charge in [-0.15, -0.1) is 0 Å². The number of hydrogen-bond donors (Lipinski definition) is 0. The van der Waals surface area contributed by atoms with Gasteiger partial charge in [-0.2, -0.15) is 0 Å². The van der Waals surface area contributed by atoms with Gasteiger partial charge in [0, 0.05) is 34.8 Å². The van der Waals surface area contributed by atoms with Crippen molar-refractivity contribution >= 4 is 11.6 Å². The van der Waals surface area contributed by atoms with E-state index in [2.05, 4.69) is 12.2 Å². The molecule has 5 aliphatic rings. The molecule has 1 heterocycles. The summed E-state index contributed by atoms with van der Waals surface area (Å²) >= 11 is 0. The molecule has 6 atom stereocenters. The highest BCUT2D eigenvalue weighted by molar-refractivity contribution is 6.16. The van der Waals surface area contributed by atoms with E-state index in [0.29, 0.717) is 11.1 Å². The molecule has 2 fully saturated rings. The van der Waals surface area contributed by atoms with Crippen LogP contribution in [0.15, 0.2) is 36.4 Å². The van der Waals surface area contributed by atoms with Crippen molar-refractivity contribution < 1.29 is 19.1 Å². The number of hydrogen-bond acceptors (Lipinski definition) is 4. The molecule has 0 N–H and O–H groups in total. The molecule has 0 aromatic heterocycles. The molecule has 2 bridgehead atoms. The predicted molar refractivity (Wildman–Crippen MR) is 82.0 cm³/mol. The van der Waals surface area contributed by atoms with Crippen molar-refractivity contribution in [2.75, 3.05) is 0 Å². The second-order valence-electron chi connectivity index (χ2n) is 7.43. The Bertz CT molecular complexity index is 701. The van der Waals surface area contributed by atoms with Crippen LogP contribution in [0.25, 0.3) is 0 Å². The van der Waals surface area contributed by atoms with Crippen LogP contribution in [0.1, 0.15) is 34.6 Å². The standard InChI is InChI=1S/C19H18O4/c1-19(2)22-17-11-7-8-12(18(17)23-19)14-13(11)15(20)9-5-3-4-6-10(9)16(14)21/h3-8,11-14,17-18H,1-2H3. The Balaban J connectivity index is 1.66. The first kappa shape index (κ1) is 13.6. The molecule has 23 heavy (non-hydrogen) atoms. The lowest BCUT2D eigenvalue weighted by Crippen LogP contribution is -2.59. The van der Waals surface area contributed by atoms with Crippen molar-refractivity contribution in [1.29, 1.82) is 0 Å². The normalized spacial score (nSPS) is 42.3. The summed E-state index contributed by atoms with van der Waals surface area (Å²) in [4.78, 5) is 26.1. The maximum atomic E-state index is 13.1. The van der Waals surface area contributed by atoms with Gasteiger partial charge in [0.1, 0.15) is 0 Å². The van der Waals surface area contributed by atoms with Gasteiger partial charge in [0.25, 0.3) is 0 Å². The lowest BCUT2D eigenvalue weighted by Gasteiger charge is -2.50. The fraction of sp³-hybridized carbons (Fsp3) is 0.474. The Kier molecular flexibility index (Phi) is 2.49. The van der Waals surface area contributed by atoms with E-state index < -0.39 is 5.79 Å². The number of ether oxygens (including phenoxy) is 2. The van der Waals surface area contributed by atoms with Gasteiger partial charge in [0.2, 0.25) is 0 Å². The summed E-state index contributed by atoms with van der Waals surface area (Å²) < 4.78 is 12.1. The van der Waals surface area contributed by atoms with Gasteiger partial charge in [-0.05, 0) is 13.8 Å². The van der Waals surface area contributed by atoms with Crippen LogP contribution in [0.5, 0.6) is 0 Å². The zero-order valence-corrected chi connectivity index (χ0v) is 13.1. The third-order valence-electron chi connectivity index (χ3n) is 5.76. The van der Waals surface area contributed by atoms with Crippen molar-refractivity contribution in [3.8, 4) is 0 Å². The molecular formula is C19H18O4. The van der Waals surface area contributed by atoms with E-state index in [1.54, 1.807) is 12.1 Å². The predicted octanol–water partition coefficient (Wildman–Crippen LogP) is 2.63. The van der Waals surface area contributed by atoms with E-state index in [4.69, 9.17) is 9.47 Å². The van der Waals surface area contributed by atoms with Gasteiger partial charge in [-0.25, -0.2) is 0 Å². The molecule has 1 aromatic rings. The van der Waals surface area contributed by atoms with Crippen molar-refractivity contribution in [3.05, 3.63) is 47.5 Å². The molecule has 1 saturated heterocycles. The van der Waals surface area contributed by atoms with Crippen molar-refractivity contribution in [1.82, 2.24) is 0 Å². The largest absolute Gasteiger partial charge is 0.344 e. The third-order valence-corrected chi connectivity index (χ3v) is 5.76. The van der Waals surface area contributed by atoms with Crippen molar-refractivity contribution in [2.24, 2.45) is 23.7 Å². The van der Waals surface area contributed by atoms with Gasteiger partial charge in [0.05, 0.1) is 12.2 Å². The zero-order chi connectivity index (χ0) is 15.9. The molecule has 0 amide bonds. The molecule has 0 spiro atoms. The quantitative estimate of drug-likeness (QED) is 0.691. The Morgan fingerprint density at radius 1 is 0.826 bits per heavy atom. The number of carbonyl (C=O) groups is 2. The zero-order valence-electron chi connectivity index (χ0n) is 13.1. The minimum Gasteiger partial charge on any atom is -0.344 e. The fourth-order valence-electron chi connectivity index (χ4n) is 4.96. The number of carbonyl (C=O) groups excluding carboxylic acids is 2. The van der Waals surface area contributed by atoms with Crippen LogP contribution < -0.4 is 0 Å². The third kappa shape index (κ3) is 1.63. The number of rotatable bonds is 0. The van der Waals surface area contributed by atoms with Gasteiger partial charge in [-0.3, -0.25) is 9.59 Å². The van der Waals surface area contributed by atoms with E-state index in [-0.39, 0.29) is 47.4 Å². The van der Waals surface area contributed by atoms with E-state index in [1.807, 2.05) is 26.0 Å².